The van der Waals surface area contributed by atoms with Crippen molar-refractivity contribution in [2.75, 3.05) is 0 Å². The first kappa shape index (κ1) is 15.8. The van der Waals surface area contributed by atoms with Crippen molar-refractivity contribution in [1.82, 2.24) is 25.2 Å². The fourth-order valence-electron chi connectivity index (χ4n) is 1.70. The molecule has 3 aromatic rings. The van der Waals surface area contributed by atoms with Crippen molar-refractivity contribution < 1.29 is 4.79 Å². The van der Waals surface area contributed by atoms with Gasteiger partial charge in [0, 0.05) is 5.39 Å². The Kier molecular flexibility index (Phi) is 4.95. The van der Waals surface area contributed by atoms with Crippen molar-refractivity contribution in [3.05, 3.63) is 42.2 Å². The quantitative estimate of drug-likeness (QED) is 0.765. The largest absolute Gasteiger partial charge is 0.365 e. The lowest BCUT2D eigenvalue weighted by Gasteiger charge is -2.06. The van der Waals surface area contributed by atoms with Gasteiger partial charge >= 0.3 is 0 Å². The number of benzene rings is 1. The van der Waals surface area contributed by atoms with Gasteiger partial charge in [0.15, 0.2) is 12.1 Å². The Morgan fingerprint density at radius 3 is 2.60 bits per heavy atom. The van der Waals surface area contributed by atoms with Crippen LogP contribution in [-0.2, 0) is 0 Å². The molecule has 0 bridgehead atoms. The molecular weight excluding hydrogens is 303 g/mol. The Morgan fingerprint density at radius 2 is 1.95 bits per heavy atom. The molecule has 0 aliphatic heterocycles. The SMILES string of the molecule is Cl.Cl.NC(=O)c1cc2ccccc2nc1-n1ncnn1. The predicted octanol–water partition coefficient (Wildman–Crippen LogP) is 1.15. The van der Waals surface area contributed by atoms with Gasteiger partial charge in [0.1, 0.15) is 0 Å². The standard InChI is InChI=1S/C11H8N6O.2ClH/c12-10(18)8-5-7-3-1-2-4-9(7)15-11(8)17-14-6-13-16-17;;/h1-6H,(H2,12,18);2*1H. The Morgan fingerprint density at radius 1 is 1.20 bits per heavy atom. The number of amides is 1. The third-order valence-corrected chi connectivity index (χ3v) is 2.51. The lowest BCUT2D eigenvalue weighted by Crippen LogP contribution is -2.17. The molecule has 1 amide bonds. The minimum absolute atomic E-state index is 0. The number of rotatable bonds is 2. The number of nitrogens with two attached hydrogens (primary N) is 1. The van der Waals surface area contributed by atoms with E-state index in [9.17, 15) is 4.79 Å². The summed E-state index contributed by atoms with van der Waals surface area (Å²) >= 11 is 0. The molecule has 20 heavy (non-hydrogen) atoms. The molecule has 0 atom stereocenters. The highest BCUT2D eigenvalue weighted by molar-refractivity contribution is 5.99. The average molecular weight is 313 g/mol. The smallest absolute Gasteiger partial charge is 0.252 e. The second-order valence-corrected chi connectivity index (χ2v) is 3.64. The van der Waals surface area contributed by atoms with Gasteiger partial charge in [-0.05, 0) is 17.3 Å². The van der Waals surface area contributed by atoms with E-state index >= 15 is 0 Å². The van der Waals surface area contributed by atoms with Crippen molar-refractivity contribution in [3.63, 3.8) is 0 Å². The molecule has 9 heteroatoms. The van der Waals surface area contributed by atoms with Crippen LogP contribution >= 0.6 is 24.8 Å². The monoisotopic (exact) mass is 312 g/mol. The van der Waals surface area contributed by atoms with Crippen LogP contribution in [0.2, 0.25) is 0 Å². The molecule has 3 rings (SSSR count). The number of carbonyl (C=O) groups excluding carboxylic acids is 1. The number of halogens is 2. The van der Waals surface area contributed by atoms with E-state index in [2.05, 4.69) is 20.4 Å². The fraction of sp³-hybridized carbons (Fsp3) is 0. The highest BCUT2D eigenvalue weighted by Crippen LogP contribution is 2.18. The number of aromatic nitrogens is 5. The van der Waals surface area contributed by atoms with Crippen LogP contribution in [0.25, 0.3) is 16.7 Å². The molecule has 0 radical (unpaired) electrons. The summed E-state index contributed by atoms with van der Waals surface area (Å²) in [5.41, 5.74) is 6.33. The van der Waals surface area contributed by atoms with Gasteiger partial charge in [0.25, 0.3) is 5.91 Å². The van der Waals surface area contributed by atoms with E-state index in [1.807, 2.05) is 24.3 Å². The molecule has 0 spiro atoms. The van der Waals surface area contributed by atoms with E-state index < -0.39 is 5.91 Å². The molecule has 2 heterocycles. The van der Waals surface area contributed by atoms with Gasteiger partial charge in [-0.15, -0.1) is 39.8 Å². The van der Waals surface area contributed by atoms with Crippen molar-refractivity contribution in [3.8, 4) is 5.82 Å². The van der Waals surface area contributed by atoms with Crippen molar-refractivity contribution in [2.24, 2.45) is 5.73 Å². The van der Waals surface area contributed by atoms with Crippen LogP contribution < -0.4 is 5.73 Å². The third kappa shape index (κ3) is 2.68. The molecule has 0 unspecified atom stereocenters. The molecule has 0 saturated heterocycles. The van der Waals surface area contributed by atoms with Gasteiger partial charge < -0.3 is 5.73 Å². The van der Waals surface area contributed by atoms with Gasteiger partial charge in [0.2, 0.25) is 0 Å². The molecule has 1 aromatic carbocycles. The number of hydrogen-bond acceptors (Lipinski definition) is 5. The Hall–Kier alpha value is -2.25. The summed E-state index contributed by atoms with van der Waals surface area (Å²) in [4.78, 5) is 17.0. The zero-order chi connectivity index (χ0) is 12.5. The highest BCUT2D eigenvalue weighted by atomic mass is 35.5. The van der Waals surface area contributed by atoms with Crippen LogP contribution in [0.3, 0.4) is 0 Å². The van der Waals surface area contributed by atoms with Gasteiger partial charge in [-0.2, -0.15) is 0 Å². The second kappa shape index (κ2) is 6.27. The summed E-state index contributed by atoms with van der Waals surface area (Å²) < 4.78 is 0. The fourth-order valence-corrected chi connectivity index (χ4v) is 1.70. The third-order valence-electron chi connectivity index (χ3n) is 2.51. The number of para-hydroxylation sites is 1. The van der Waals surface area contributed by atoms with E-state index in [1.54, 1.807) is 6.07 Å². The molecule has 2 N–H and O–H groups in total. The number of carbonyl (C=O) groups is 1. The van der Waals surface area contributed by atoms with Crippen LogP contribution in [0.4, 0.5) is 0 Å². The molecule has 0 aliphatic carbocycles. The maximum Gasteiger partial charge on any atom is 0.252 e. The number of primary amides is 1. The Bertz CT molecular complexity index is 731. The number of hydrogen-bond donors (Lipinski definition) is 1. The molecule has 2 aromatic heterocycles. The Balaban J connectivity index is 0.000001000. The average Bonchev–Trinajstić information content (AvgIpc) is 2.91. The zero-order valence-electron chi connectivity index (χ0n) is 10.0. The molecule has 0 saturated carbocycles. The van der Waals surface area contributed by atoms with Crippen LogP contribution in [0.5, 0.6) is 0 Å². The normalized spacial score (nSPS) is 9.60. The number of nitrogens with zero attached hydrogens (tertiary/aromatic N) is 5. The predicted molar refractivity (Wildman–Crippen MR) is 77.5 cm³/mol. The maximum atomic E-state index is 11.5. The first-order valence-electron chi connectivity index (χ1n) is 5.18. The summed E-state index contributed by atoms with van der Waals surface area (Å²) in [5.74, 6) is -0.306. The first-order chi connectivity index (χ1) is 8.75. The second-order valence-electron chi connectivity index (χ2n) is 3.64. The molecular formula is C11H10Cl2N6O. The molecule has 0 fully saturated rings. The number of pyridine rings is 1. The van der Waals surface area contributed by atoms with Gasteiger partial charge in [-0.1, -0.05) is 18.2 Å². The van der Waals surface area contributed by atoms with E-state index in [4.69, 9.17) is 5.73 Å². The van der Waals surface area contributed by atoms with Crippen molar-refractivity contribution >= 4 is 41.6 Å². The number of tetrazole rings is 1. The summed E-state index contributed by atoms with van der Waals surface area (Å²) in [6.07, 6.45) is 1.27. The lowest BCUT2D eigenvalue weighted by atomic mass is 10.1. The first-order valence-corrected chi connectivity index (χ1v) is 5.18. The van der Waals surface area contributed by atoms with Crippen LogP contribution in [0.15, 0.2) is 36.7 Å². The summed E-state index contributed by atoms with van der Waals surface area (Å²) in [5, 5.41) is 12.0. The number of fused-ring (bicyclic) bond motifs is 1. The van der Waals surface area contributed by atoms with Crippen molar-refractivity contribution in [2.45, 2.75) is 0 Å². The molecule has 0 aliphatic rings. The molecule has 7 nitrogen and oxygen atoms in total. The van der Waals surface area contributed by atoms with Gasteiger partial charge in [-0.25, -0.2) is 4.98 Å². The van der Waals surface area contributed by atoms with Gasteiger partial charge in [0.05, 0.1) is 11.1 Å². The minimum atomic E-state index is -0.583. The highest BCUT2D eigenvalue weighted by Gasteiger charge is 2.14. The van der Waals surface area contributed by atoms with Crippen molar-refractivity contribution in [1.29, 1.82) is 0 Å². The van der Waals surface area contributed by atoms with Crippen LogP contribution in [0, 0.1) is 0 Å². The van der Waals surface area contributed by atoms with E-state index in [0.29, 0.717) is 0 Å². The summed E-state index contributed by atoms with van der Waals surface area (Å²) in [6.45, 7) is 0. The minimum Gasteiger partial charge on any atom is -0.365 e. The van der Waals surface area contributed by atoms with Crippen LogP contribution in [0.1, 0.15) is 10.4 Å². The summed E-state index contributed by atoms with van der Waals surface area (Å²) in [7, 11) is 0. The lowest BCUT2D eigenvalue weighted by molar-refractivity contribution is 0.1000. The Labute approximate surface area is 126 Å². The molecule has 104 valence electrons. The van der Waals surface area contributed by atoms with E-state index in [-0.39, 0.29) is 36.2 Å². The topological polar surface area (TPSA) is 99.6 Å². The summed E-state index contributed by atoms with van der Waals surface area (Å²) in [6, 6.07) is 9.08. The van der Waals surface area contributed by atoms with Crippen LogP contribution in [-0.4, -0.2) is 31.1 Å². The van der Waals surface area contributed by atoms with E-state index in [0.717, 1.165) is 10.9 Å². The van der Waals surface area contributed by atoms with Gasteiger partial charge in [-0.3, -0.25) is 4.79 Å². The zero-order valence-corrected chi connectivity index (χ0v) is 11.6. The van der Waals surface area contributed by atoms with E-state index in [1.165, 1.54) is 11.1 Å². The maximum absolute atomic E-state index is 11.5.